The van der Waals surface area contributed by atoms with Gasteiger partial charge in [0.05, 0.1) is 15.5 Å². The first-order chi connectivity index (χ1) is 16.3. The van der Waals surface area contributed by atoms with Crippen LogP contribution in [0.4, 0.5) is 0 Å². The second-order valence-corrected chi connectivity index (χ2v) is 9.90. The molecule has 0 unspecified atom stereocenters. The summed E-state index contributed by atoms with van der Waals surface area (Å²) in [6.07, 6.45) is 0. The maximum Gasteiger partial charge on any atom is 0.340 e. The van der Waals surface area contributed by atoms with Crippen molar-refractivity contribution in [2.45, 2.75) is 25.3 Å². The van der Waals surface area contributed by atoms with Gasteiger partial charge in [0.2, 0.25) is 10.0 Å². The van der Waals surface area contributed by atoms with E-state index in [9.17, 15) is 18.0 Å². The molecule has 0 aliphatic carbocycles. The predicted molar refractivity (Wildman–Crippen MR) is 131 cm³/mol. The van der Waals surface area contributed by atoms with Gasteiger partial charge in [0, 0.05) is 30.1 Å². The van der Waals surface area contributed by atoms with Gasteiger partial charge in [0.15, 0.2) is 0 Å². The SMILES string of the molecule is CCN(CC)S(=O)(=O)c1ccc(Cl)c(C(=O)OCc2cc(=O)oc3ccc4ccccc4c23)c1. The van der Waals surface area contributed by atoms with Crippen molar-refractivity contribution in [2.24, 2.45) is 0 Å². The number of esters is 1. The molecular formula is C25H22ClNO6S. The standard InChI is InChI=1S/C25H22ClNO6S/c1-3-27(4-2)34(30,31)18-10-11-21(26)20(14-18)25(29)32-15-17-13-23(28)33-22-12-9-16-7-5-6-8-19(16)24(17)22/h5-14H,3-4,15H2,1-2H3. The van der Waals surface area contributed by atoms with Crippen LogP contribution in [0.3, 0.4) is 0 Å². The molecule has 0 radical (unpaired) electrons. The van der Waals surface area contributed by atoms with Crippen LogP contribution in [0.5, 0.6) is 0 Å². The number of carbonyl (C=O) groups is 1. The number of carbonyl (C=O) groups excluding carboxylic acids is 1. The summed E-state index contributed by atoms with van der Waals surface area (Å²) in [4.78, 5) is 24.9. The first-order valence-electron chi connectivity index (χ1n) is 10.7. The molecule has 0 aliphatic heterocycles. The van der Waals surface area contributed by atoms with Crippen LogP contribution in [0.1, 0.15) is 29.8 Å². The van der Waals surface area contributed by atoms with Crippen molar-refractivity contribution in [3.05, 3.63) is 87.2 Å². The van der Waals surface area contributed by atoms with Gasteiger partial charge < -0.3 is 9.15 Å². The number of nitrogens with zero attached hydrogens (tertiary/aromatic N) is 1. The number of halogens is 1. The lowest BCUT2D eigenvalue weighted by molar-refractivity contribution is 0.0474. The fourth-order valence-corrected chi connectivity index (χ4v) is 5.57. The number of fused-ring (bicyclic) bond motifs is 3. The molecule has 34 heavy (non-hydrogen) atoms. The number of hydrogen-bond acceptors (Lipinski definition) is 6. The van der Waals surface area contributed by atoms with Crippen molar-refractivity contribution in [3.8, 4) is 0 Å². The van der Waals surface area contributed by atoms with Gasteiger partial charge in [-0.15, -0.1) is 0 Å². The van der Waals surface area contributed by atoms with E-state index in [1.807, 2.05) is 30.3 Å². The molecule has 0 bridgehead atoms. The van der Waals surface area contributed by atoms with E-state index in [0.717, 1.165) is 10.8 Å². The van der Waals surface area contributed by atoms with Crippen LogP contribution in [0.25, 0.3) is 21.7 Å². The molecule has 0 fully saturated rings. The second-order valence-electron chi connectivity index (χ2n) is 7.56. The highest BCUT2D eigenvalue weighted by molar-refractivity contribution is 7.89. The average molecular weight is 500 g/mol. The monoisotopic (exact) mass is 499 g/mol. The second kappa shape index (κ2) is 9.58. The molecule has 7 nitrogen and oxygen atoms in total. The summed E-state index contributed by atoms with van der Waals surface area (Å²) >= 11 is 6.19. The Hall–Kier alpha value is -3.20. The van der Waals surface area contributed by atoms with E-state index in [1.165, 1.54) is 28.6 Å². The molecule has 3 aromatic carbocycles. The van der Waals surface area contributed by atoms with Crippen molar-refractivity contribution >= 4 is 49.3 Å². The Morgan fingerprint density at radius 3 is 2.50 bits per heavy atom. The van der Waals surface area contributed by atoms with Gasteiger partial charge in [0.25, 0.3) is 0 Å². The van der Waals surface area contributed by atoms with E-state index >= 15 is 0 Å². The predicted octanol–water partition coefficient (Wildman–Crippen LogP) is 4.99. The van der Waals surface area contributed by atoms with Crippen LogP contribution in [0.2, 0.25) is 5.02 Å². The molecule has 4 rings (SSSR count). The molecule has 176 valence electrons. The van der Waals surface area contributed by atoms with Crippen molar-refractivity contribution in [3.63, 3.8) is 0 Å². The van der Waals surface area contributed by atoms with Crippen molar-refractivity contribution in [1.82, 2.24) is 4.31 Å². The van der Waals surface area contributed by atoms with Crippen LogP contribution in [-0.2, 0) is 21.4 Å². The topological polar surface area (TPSA) is 93.9 Å². The summed E-state index contributed by atoms with van der Waals surface area (Å²) in [5, 5.41) is 2.51. The van der Waals surface area contributed by atoms with Crippen LogP contribution in [0.15, 0.2) is 74.8 Å². The van der Waals surface area contributed by atoms with Crippen LogP contribution >= 0.6 is 11.6 Å². The Morgan fingerprint density at radius 1 is 1.03 bits per heavy atom. The molecule has 0 N–H and O–H groups in total. The summed E-state index contributed by atoms with van der Waals surface area (Å²) in [6.45, 7) is 3.82. The van der Waals surface area contributed by atoms with Crippen LogP contribution < -0.4 is 5.63 Å². The third-order valence-corrected chi connectivity index (χ3v) is 7.95. The van der Waals surface area contributed by atoms with E-state index in [-0.39, 0.29) is 22.1 Å². The third-order valence-electron chi connectivity index (χ3n) is 5.57. The lowest BCUT2D eigenvalue weighted by atomic mass is 10.0. The number of sulfonamides is 1. The summed E-state index contributed by atoms with van der Waals surface area (Å²) < 4.78 is 37.8. The van der Waals surface area contributed by atoms with Gasteiger partial charge in [-0.25, -0.2) is 18.0 Å². The summed E-state index contributed by atoms with van der Waals surface area (Å²) in [5.74, 6) is -0.803. The average Bonchev–Trinajstić information content (AvgIpc) is 2.82. The van der Waals surface area contributed by atoms with Crippen molar-refractivity contribution in [1.29, 1.82) is 0 Å². The van der Waals surface area contributed by atoms with E-state index in [1.54, 1.807) is 19.9 Å². The first-order valence-corrected chi connectivity index (χ1v) is 12.5. The smallest absolute Gasteiger partial charge is 0.340 e. The molecule has 9 heteroatoms. The van der Waals surface area contributed by atoms with E-state index < -0.39 is 21.6 Å². The number of ether oxygens (including phenoxy) is 1. The van der Waals surface area contributed by atoms with Crippen molar-refractivity contribution in [2.75, 3.05) is 13.1 Å². The molecule has 1 aromatic heterocycles. The van der Waals surface area contributed by atoms with Gasteiger partial charge >= 0.3 is 11.6 Å². The Kier molecular flexibility index (Phi) is 6.74. The lowest BCUT2D eigenvalue weighted by Gasteiger charge is -2.19. The first kappa shape index (κ1) is 23.9. The Morgan fingerprint density at radius 2 is 1.76 bits per heavy atom. The minimum absolute atomic E-state index is 0.0515. The zero-order chi connectivity index (χ0) is 24.5. The van der Waals surface area contributed by atoms with E-state index in [0.29, 0.717) is 29.6 Å². The highest BCUT2D eigenvalue weighted by Crippen LogP contribution is 2.29. The fourth-order valence-electron chi connectivity index (χ4n) is 3.89. The Bertz CT molecular complexity index is 1560. The summed E-state index contributed by atoms with van der Waals surface area (Å²) in [7, 11) is -3.79. The Labute approximate surface area is 201 Å². The molecule has 0 saturated carbocycles. The van der Waals surface area contributed by atoms with E-state index in [2.05, 4.69) is 0 Å². The molecule has 4 aromatic rings. The van der Waals surface area contributed by atoms with Crippen LogP contribution in [0, 0.1) is 0 Å². The maximum atomic E-state index is 12.9. The lowest BCUT2D eigenvalue weighted by Crippen LogP contribution is -2.30. The zero-order valence-corrected chi connectivity index (χ0v) is 20.2. The number of hydrogen-bond donors (Lipinski definition) is 0. The van der Waals surface area contributed by atoms with Gasteiger partial charge in [0.1, 0.15) is 12.2 Å². The normalized spacial score (nSPS) is 11.9. The largest absolute Gasteiger partial charge is 0.457 e. The minimum atomic E-state index is -3.79. The van der Waals surface area contributed by atoms with E-state index in [4.69, 9.17) is 20.8 Å². The highest BCUT2D eigenvalue weighted by Gasteiger charge is 2.24. The highest BCUT2D eigenvalue weighted by atomic mass is 35.5. The fraction of sp³-hybridized carbons (Fsp3) is 0.200. The van der Waals surface area contributed by atoms with Crippen molar-refractivity contribution < 1.29 is 22.4 Å². The number of rotatable bonds is 7. The van der Waals surface area contributed by atoms with Crippen LogP contribution in [-0.4, -0.2) is 31.8 Å². The quantitative estimate of drug-likeness (QED) is 0.202. The molecular weight excluding hydrogens is 478 g/mol. The molecule has 1 heterocycles. The molecule has 0 amide bonds. The molecule has 0 spiro atoms. The maximum absolute atomic E-state index is 12.9. The van der Waals surface area contributed by atoms with Gasteiger partial charge in [-0.2, -0.15) is 4.31 Å². The van der Waals surface area contributed by atoms with Gasteiger partial charge in [-0.05, 0) is 35.0 Å². The number of benzene rings is 3. The molecule has 0 aliphatic rings. The zero-order valence-electron chi connectivity index (χ0n) is 18.6. The summed E-state index contributed by atoms with van der Waals surface area (Å²) in [5.41, 5.74) is 0.202. The summed E-state index contributed by atoms with van der Waals surface area (Å²) in [6, 6.07) is 16.3. The molecule has 0 saturated heterocycles. The third kappa shape index (κ3) is 4.44. The van der Waals surface area contributed by atoms with Gasteiger partial charge in [-0.3, -0.25) is 0 Å². The minimum Gasteiger partial charge on any atom is -0.457 e. The Balaban J connectivity index is 1.69. The van der Waals surface area contributed by atoms with Gasteiger partial charge in [-0.1, -0.05) is 55.8 Å². The molecule has 0 atom stereocenters.